The molecule has 1 fully saturated rings. The van der Waals surface area contributed by atoms with Crippen LogP contribution in [0.3, 0.4) is 0 Å². The predicted octanol–water partition coefficient (Wildman–Crippen LogP) is 4.96. The second kappa shape index (κ2) is 10.3. The fraction of sp³-hybridized carbons (Fsp3) is 0.321. The van der Waals surface area contributed by atoms with E-state index in [0.717, 1.165) is 25.4 Å². The number of nitrogens with one attached hydrogen (secondary N) is 2. The predicted molar refractivity (Wildman–Crippen MR) is 134 cm³/mol. The number of rotatable bonds is 7. The number of anilines is 1. The maximum Gasteiger partial charge on any atom is 0.255 e. The topological polar surface area (TPSA) is 91.5 Å². The number of fused-ring (bicyclic) bond motifs is 1. The average molecular weight is 472 g/mol. The molecule has 0 spiro atoms. The number of nitrogens with zero attached hydrogens (tertiary/aromatic N) is 1. The summed E-state index contributed by atoms with van der Waals surface area (Å²) in [5, 5.41) is 2.96. The van der Waals surface area contributed by atoms with Crippen LogP contribution in [0.25, 0.3) is 11.1 Å². The molecule has 1 aliphatic carbocycles. The van der Waals surface area contributed by atoms with Crippen molar-refractivity contribution < 1.29 is 19.1 Å². The van der Waals surface area contributed by atoms with Gasteiger partial charge in [-0.1, -0.05) is 24.6 Å². The summed E-state index contributed by atoms with van der Waals surface area (Å²) in [6.07, 6.45) is 5.94. The molecule has 2 aromatic carbocycles. The third-order valence-corrected chi connectivity index (χ3v) is 6.72. The lowest BCUT2D eigenvalue weighted by molar-refractivity contribution is 0.0888. The van der Waals surface area contributed by atoms with E-state index < -0.39 is 0 Å². The number of H-pyrrole nitrogens is 1. The Balaban J connectivity index is 1.26. The quantitative estimate of drug-likeness (QED) is 0.508. The summed E-state index contributed by atoms with van der Waals surface area (Å²) in [6, 6.07) is 14.4. The molecule has 2 aliphatic rings. The lowest BCUT2D eigenvalue weighted by atomic mass is 9.90. The Hall–Kier alpha value is -3.71. The zero-order valence-electron chi connectivity index (χ0n) is 19.6. The minimum absolute atomic E-state index is 0.0622. The molecule has 0 atom stereocenters. The molecule has 1 amide bonds. The molecular formula is C28H29N3O4. The second-order valence-corrected chi connectivity index (χ2v) is 9.07. The Morgan fingerprint density at radius 1 is 0.914 bits per heavy atom. The number of aromatic amines is 1. The van der Waals surface area contributed by atoms with Crippen molar-refractivity contribution in [1.29, 1.82) is 0 Å². The Morgan fingerprint density at radius 2 is 1.66 bits per heavy atom. The smallest absolute Gasteiger partial charge is 0.255 e. The molecule has 1 saturated heterocycles. The van der Waals surface area contributed by atoms with Gasteiger partial charge in [-0.25, -0.2) is 0 Å². The van der Waals surface area contributed by atoms with Crippen molar-refractivity contribution in [3.8, 4) is 16.9 Å². The molecular weight excluding hydrogens is 442 g/mol. The van der Waals surface area contributed by atoms with Crippen LogP contribution in [0.1, 0.15) is 63.3 Å². The number of ether oxygens (including phenoxy) is 1. The largest absolute Gasteiger partial charge is 0.492 e. The fourth-order valence-electron chi connectivity index (χ4n) is 4.82. The van der Waals surface area contributed by atoms with Gasteiger partial charge in [0.25, 0.3) is 5.91 Å². The summed E-state index contributed by atoms with van der Waals surface area (Å²) in [6.45, 7) is 3.82. The van der Waals surface area contributed by atoms with Gasteiger partial charge in [-0.15, -0.1) is 0 Å². The molecule has 2 N–H and O–H groups in total. The van der Waals surface area contributed by atoms with Crippen molar-refractivity contribution in [1.82, 2.24) is 9.88 Å². The third-order valence-electron chi connectivity index (χ3n) is 6.72. The van der Waals surface area contributed by atoms with Gasteiger partial charge in [0.05, 0.1) is 11.3 Å². The van der Waals surface area contributed by atoms with Crippen molar-refractivity contribution in [2.45, 2.75) is 32.1 Å². The SMILES string of the molecule is O=C(Nc1ccccc1-c1c[nH]c2c1C(=O)CCC2=O)c1ccc(OCCN2CCCCC2)cc1. The molecule has 0 unspecified atom stereocenters. The van der Waals surface area contributed by atoms with Crippen LogP contribution in [0.15, 0.2) is 54.7 Å². The van der Waals surface area contributed by atoms with Gasteiger partial charge in [0, 0.05) is 48.0 Å². The number of benzene rings is 2. The molecule has 7 nitrogen and oxygen atoms in total. The summed E-state index contributed by atoms with van der Waals surface area (Å²) in [4.78, 5) is 43.2. The van der Waals surface area contributed by atoms with Gasteiger partial charge < -0.3 is 15.0 Å². The van der Waals surface area contributed by atoms with E-state index in [-0.39, 0.29) is 30.3 Å². The van der Waals surface area contributed by atoms with Crippen molar-refractivity contribution in [2.75, 3.05) is 31.6 Å². The minimum Gasteiger partial charge on any atom is -0.492 e. The first-order valence-electron chi connectivity index (χ1n) is 12.2. The summed E-state index contributed by atoms with van der Waals surface area (Å²) in [5.41, 5.74) is 3.17. The number of amides is 1. The highest BCUT2D eigenvalue weighted by atomic mass is 16.5. The summed E-state index contributed by atoms with van der Waals surface area (Å²) in [5.74, 6) is 0.351. The summed E-state index contributed by atoms with van der Waals surface area (Å²) >= 11 is 0. The lowest BCUT2D eigenvalue weighted by Crippen LogP contribution is -2.33. The van der Waals surface area contributed by atoms with E-state index in [4.69, 9.17) is 4.74 Å². The van der Waals surface area contributed by atoms with Crippen molar-refractivity contribution in [3.05, 3.63) is 71.5 Å². The number of hydrogen-bond donors (Lipinski definition) is 2. The van der Waals surface area contributed by atoms with Crippen molar-refractivity contribution in [2.24, 2.45) is 0 Å². The first-order valence-corrected chi connectivity index (χ1v) is 12.2. The highest BCUT2D eigenvalue weighted by molar-refractivity contribution is 6.17. The molecule has 0 bridgehead atoms. The molecule has 1 aromatic heterocycles. The van der Waals surface area contributed by atoms with Crippen LogP contribution in [-0.2, 0) is 0 Å². The van der Waals surface area contributed by atoms with E-state index in [1.165, 1.54) is 19.3 Å². The zero-order chi connectivity index (χ0) is 24.2. The Kier molecular flexibility index (Phi) is 6.77. The third kappa shape index (κ3) is 5.05. The molecule has 0 saturated carbocycles. The van der Waals surface area contributed by atoms with Gasteiger partial charge in [-0.2, -0.15) is 0 Å². The van der Waals surface area contributed by atoms with Crippen LogP contribution < -0.4 is 10.1 Å². The molecule has 0 radical (unpaired) electrons. The molecule has 35 heavy (non-hydrogen) atoms. The van der Waals surface area contributed by atoms with Crippen molar-refractivity contribution in [3.63, 3.8) is 0 Å². The molecule has 2 heterocycles. The summed E-state index contributed by atoms with van der Waals surface area (Å²) < 4.78 is 5.87. The highest BCUT2D eigenvalue weighted by Crippen LogP contribution is 2.35. The van der Waals surface area contributed by atoms with Crippen LogP contribution in [0.4, 0.5) is 5.69 Å². The lowest BCUT2D eigenvalue weighted by Gasteiger charge is -2.26. The van der Waals surface area contributed by atoms with E-state index in [1.807, 2.05) is 30.3 Å². The zero-order valence-corrected chi connectivity index (χ0v) is 19.6. The van der Waals surface area contributed by atoms with Gasteiger partial charge in [0.2, 0.25) is 0 Å². The van der Waals surface area contributed by atoms with E-state index >= 15 is 0 Å². The van der Waals surface area contributed by atoms with Crippen LogP contribution >= 0.6 is 0 Å². The van der Waals surface area contributed by atoms with E-state index in [1.54, 1.807) is 24.4 Å². The number of para-hydroxylation sites is 1. The number of carbonyl (C=O) groups excluding carboxylic acids is 3. The number of carbonyl (C=O) groups is 3. The standard InChI is InChI=1S/C28H29N3O4/c32-24-12-13-25(33)27-26(24)22(18-29-27)21-6-2-3-7-23(21)30-28(34)19-8-10-20(11-9-19)35-17-16-31-14-4-1-5-15-31/h2-3,6-11,18,29H,1,4-5,12-17H2,(H,30,34). The molecule has 1 aliphatic heterocycles. The van der Waals surface area contributed by atoms with E-state index in [2.05, 4.69) is 15.2 Å². The first kappa shape index (κ1) is 23.1. The Bertz CT molecular complexity index is 1240. The maximum absolute atomic E-state index is 13.0. The highest BCUT2D eigenvalue weighted by Gasteiger charge is 2.29. The number of hydrogen-bond acceptors (Lipinski definition) is 5. The van der Waals surface area contributed by atoms with E-state index in [0.29, 0.717) is 40.2 Å². The monoisotopic (exact) mass is 471 g/mol. The number of piperidine rings is 1. The van der Waals surface area contributed by atoms with Gasteiger partial charge in [-0.05, 0) is 56.3 Å². The molecule has 7 heteroatoms. The summed E-state index contributed by atoms with van der Waals surface area (Å²) in [7, 11) is 0. The van der Waals surface area contributed by atoms with Crippen LogP contribution in [0, 0.1) is 0 Å². The first-order chi connectivity index (χ1) is 17.1. The number of Topliss-reactive ketones (excluding diaryl/α,β-unsaturated/α-hetero) is 2. The minimum atomic E-state index is -0.260. The molecule has 3 aromatic rings. The van der Waals surface area contributed by atoms with Crippen molar-refractivity contribution >= 4 is 23.2 Å². The van der Waals surface area contributed by atoms with E-state index in [9.17, 15) is 14.4 Å². The van der Waals surface area contributed by atoms with Crippen LogP contribution in [0.5, 0.6) is 5.75 Å². The Morgan fingerprint density at radius 3 is 2.46 bits per heavy atom. The number of ketones is 2. The average Bonchev–Trinajstić information content (AvgIpc) is 3.34. The molecule has 5 rings (SSSR count). The number of likely N-dealkylation sites (tertiary alicyclic amines) is 1. The van der Waals surface area contributed by atoms with Gasteiger partial charge in [-0.3, -0.25) is 19.3 Å². The molecule has 180 valence electrons. The second-order valence-electron chi connectivity index (χ2n) is 9.07. The van der Waals surface area contributed by atoms with Crippen LogP contribution in [-0.4, -0.2) is 53.6 Å². The normalized spacial score (nSPS) is 16.1. The Labute approximate surface area is 204 Å². The fourth-order valence-corrected chi connectivity index (χ4v) is 4.82. The van der Waals surface area contributed by atoms with Crippen LogP contribution in [0.2, 0.25) is 0 Å². The van der Waals surface area contributed by atoms with Gasteiger partial charge >= 0.3 is 0 Å². The number of aromatic nitrogens is 1. The van der Waals surface area contributed by atoms with Gasteiger partial charge in [0.15, 0.2) is 11.6 Å². The maximum atomic E-state index is 13.0. The van der Waals surface area contributed by atoms with Gasteiger partial charge in [0.1, 0.15) is 12.4 Å².